The molecule has 1 saturated carbocycles. The summed E-state index contributed by atoms with van der Waals surface area (Å²) in [7, 11) is 0. The quantitative estimate of drug-likeness (QED) is 0.824. The predicted octanol–water partition coefficient (Wildman–Crippen LogP) is 1.48. The minimum atomic E-state index is -0.0800. The predicted molar refractivity (Wildman–Crippen MR) is 99.7 cm³/mol. The van der Waals surface area contributed by atoms with Gasteiger partial charge in [-0.1, -0.05) is 5.16 Å². The molecular weight excluding hydrogens is 344 g/mol. The first kappa shape index (κ1) is 18.1. The normalized spacial score (nSPS) is 21.0. The Morgan fingerprint density at radius 2 is 1.96 bits per heavy atom. The lowest BCUT2D eigenvalue weighted by Gasteiger charge is -2.39. The lowest BCUT2D eigenvalue weighted by atomic mass is 10.1. The molecule has 0 radical (unpaired) electrons. The molecule has 2 atom stereocenters. The largest absolute Gasteiger partial charge is 0.352 e. The van der Waals surface area contributed by atoms with E-state index in [0.717, 1.165) is 44.6 Å². The zero-order valence-electron chi connectivity index (χ0n) is 15.8. The molecule has 1 saturated heterocycles. The summed E-state index contributed by atoms with van der Waals surface area (Å²) in [4.78, 5) is 25.5. The maximum absolute atomic E-state index is 12.3. The third-order valence-electron chi connectivity index (χ3n) is 5.47. The van der Waals surface area contributed by atoms with Crippen molar-refractivity contribution < 1.29 is 9.32 Å². The van der Waals surface area contributed by atoms with Gasteiger partial charge in [-0.3, -0.25) is 19.6 Å². The van der Waals surface area contributed by atoms with E-state index in [1.54, 1.807) is 12.4 Å². The van der Waals surface area contributed by atoms with E-state index < -0.39 is 0 Å². The van der Waals surface area contributed by atoms with Crippen molar-refractivity contribution in [3.05, 3.63) is 30.4 Å². The highest BCUT2D eigenvalue weighted by Gasteiger charge is 2.32. The van der Waals surface area contributed by atoms with Crippen molar-refractivity contribution in [1.29, 1.82) is 0 Å². The van der Waals surface area contributed by atoms with Crippen LogP contribution in [0.4, 0.5) is 0 Å². The third-order valence-corrected chi connectivity index (χ3v) is 5.47. The molecule has 2 aromatic rings. The maximum Gasteiger partial charge on any atom is 0.244 e. The highest BCUT2D eigenvalue weighted by molar-refractivity contribution is 5.81. The fraction of sp³-hybridized carbons (Fsp3) is 0.579. The van der Waals surface area contributed by atoms with E-state index in [4.69, 9.17) is 4.52 Å². The molecule has 8 heteroatoms. The van der Waals surface area contributed by atoms with Crippen LogP contribution in [0.3, 0.4) is 0 Å². The van der Waals surface area contributed by atoms with Gasteiger partial charge in [-0.05, 0) is 38.8 Å². The van der Waals surface area contributed by atoms with E-state index in [1.165, 1.54) is 0 Å². The second kappa shape index (κ2) is 7.74. The topological polar surface area (TPSA) is 87.4 Å². The number of rotatable bonds is 6. The number of amides is 1. The van der Waals surface area contributed by atoms with Gasteiger partial charge < -0.3 is 9.84 Å². The summed E-state index contributed by atoms with van der Waals surface area (Å²) >= 11 is 0. The lowest BCUT2D eigenvalue weighted by molar-refractivity contribution is -0.126. The number of carbonyl (C=O) groups is 1. The van der Waals surface area contributed by atoms with Gasteiger partial charge >= 0.3 is 0 Å². The minimum absolute atomic E-state index is 0.0423. The second-order valence-electron chi connectivity index (χ2n) is 7.40. The van der Waals surface area contributed by atoms with E-state index in [9.17, 15) is 4.79 Å². The summed E-state index contributed by atoms with van der Waals surface area (Å²) in [6, 6.07) is 4.14. The smallest absolute Gasteiger partial charge is 0.244 e. The van der Waals surface area contributed by atoms with Crippen molar-refractivity contribution in [3.63, 3.8) is 0 Å². The van der Waals surface area contributed by atoms with Crippen LogP contribution in [0.15, 0.2) is 29.0 Å². The molecule has 2 aliphatic rings. The van der Waals surface area contributed by atoms with Crippen molar-refractivity contribution in [1.82, 2.24) is 30.2 Å². The molecule has 144 valence electrons. The molecule has 0 bridgehead atoms. The monoisotopic (exact) mass is 370 g/mol. The average molecular weight is 370 g/mol. The molecule has 1 aliphatic carbocycles. The van der Waals surface area contributed by atoms with Gasteiger partial charge in [0.05, 0.1) is 12.1 Å². The molecule has 4 rings (SSSR count). The fourth-order valence-electron chi connectivity index (χ4n) is 3.40. The number of piperazine rings is 1. The van der Waals surface area contributed by atoms with E-state index in [-0.39, 0.29) is 18.0 Å². The van der Waals surface area contributed by atoms with Crippen molar-refractivity contribution in [2.45, 2.75) is 44.8 Å². The molecule has 2 fully saturated rings. The molecule has 2 aromatic heterocycles. The summed E-state index contributed by atoms with van der Waals surface area (Å²) in [5.41, 5.74) is 0.847. The molecule has 1 N–H and O–H groups in total. The first-order valence-electron chi connectivity index (χ1n) is 9.64. The highest BCUT2D eigenvalue weighted by atomic mass is 16.5. The Balaban J connectivity index is 1.32. The van der Waals surface area contributed by atoms with Crippen LogP contribution in [-0.4, -0.2) is 69.1 Å². The standard InChI is InChI=1S/C19H26N6O2/c1-13(18(26)21-16-5-6-16)24-8-10-25(11-9-24)14(2)19-22-17(23-27-19)15-4-3-7-20-12-15/h3-4,7,12-14,16H,5-6,8-11H2,1-2H3,(H,21,26)/t13-,14+/m1/s1. The summed E-state index contributed by atoms with van der Waals surface area (Å²) in [6.45, 7) is 7.52. The summed E-state index contributed by atoms with van der Waals surface area (Å²) in [6.07, 6.45) is 5.69. The first-order chi connectivity index (χ1) is 13.1. The van der Waals surface area contributed by atoms with Crippen molar-refractivity contribution in [2.75, 3.05) is 26.2 Å². The summed E-state index contributed by atoms with van der Waals surface area (Å²) < 4.78 is 5.49. The lowest BCUT2D eigenvalue weighted by Crippen LogP contribution is -2.54. The molecule has 0 unspecified atom stereocenters. The summed E-state index contributed by atoms with van der Waals surface area (Å²) in [5, 5.41) is 7.18. The van der Waals surface area contributed by atoms with Crippen molar-refractivity contribution in [3.8, 4) is 11.4 Å². The highest BCUT2D eigenvalue weighted by Crippen LogP contribution is 2.24. The van der Waals surface area contributed by atoms with Gasteiger partial charge in [0.25, 0.3) is 0 Å². The van der Waals surface area contributed by atoms with Gasteiger partial charge in [-0.25, -0.2) is 0 Å². The Kier molecular flexibility index (Phi) is 5.18. The molecule has 27 heavy (non-hydrogen) atoms. The zero-order valence-corrected chi connectivity index (χ0v) is 15.8. The van der Waals surface area contributed by atoms with Crippen LogP contribution in [0.2, 0.25) is 0 Å². The molecule has 0 aromatic carbocycles. The van der Waals surface area contributed by atoms with Crippen LogP contribution in [-0.2, 0) is 4.79 Å². The van der Waals surface area contributed by atoms with E-state index in [1.807, 2.05) is 19.1 Å². The number of hydrogen-bond donors (Lipinski definition) is 1. The van der Waals surface area contributed by atoms with Crippen LogP contribution in [0.1, 0.15) is 38.6 Å². The van der Waals surface area contributed by atoms with Crippen LogP contribution < -0.4 is 5.32 Å². The van der Waals surface area contributed by atoms with Gasteiger partial charge in [-0.15, -0.1) is 0 Å². The van der Waals surface area contributed by atoms with Gasteiger partial charge in [0, 0.05) is 50.2 Å². The SMILES string of the molecule is C[C@H](C(=O)NC1CC1)N1CCN([C@@H](C)c2nc(-c3cccnc3)no2)CC1. The Hall–Kier alpha value is -2.32. The number of hydrogen-bond acceptors (Lipinski definition) is 7. The van der Waals surface area contributed by atoms with Crippen LogP contribution in [0, 0.1) is 0 Å². The van der Waals surface area contributed by atoms with Gasteiger partial charge in [0.15, 0.2) is 0 Å². The molecule has 8 nitrogen and oxygen atoms in total. The van der Waals surface area contributed by atoms with E-state index in [2.05, 4.69) is 37.2 Å². The number of aromatic nitrogens is 3. The van der Waals surface area contributed by atoms with Crippen molar-refractivity contribution >= 4 is 5.91 Å². The molecular formula is C19H26N6O2. The fourth-order valence-corrected chi connectivity index (χ4v) is 3.40. The van der Waals surface area contributed by atoms with E-state index >= 15 is 0 Å². The zero-order chi connectivity index (χ0) is 18.8. The number of nitrogens with zero attached hydrogens (tertiary/aromatic N) is 5. The number of carbonyl (C=O) groups excluding carboxylic acids is 1. The van der Waals surface area contributed by atoms with E-state index in [0.29, 0.717) is 17.8 Å². The molecule has 1 amide bonds. The Morgan fingerprint density at radius 3 is 2.63 bits per heavy atom. The second-order valence-corrected chi connectivity index (χ2v) is 7.40. The Morgan fingerprint density at radius 1 is 1.22 bits per heavy atom. The third kappa shape index (κ3) is 4.17. The first-order valence-corrected chi connectivity index (χ1v) is 9.64. The maximum atomic E-state index is 12.3. The Bertz CT molecular complexity index is 768. The van der Waals surface area contributed by atoms with Gasteiger partial charge in [0.1, 0.15) is 0 Å². The van der Waals surface area contributed by atoms with Crippen molar-refractivity contribution in [2.24, 2.45) is 0 Å². The minimum Gasteiger partial charge on any atom is -0.352 e. The number of pyridine rings is 1. The van der Waals surface area contributed by atoms with Gasteiger partial charge in [-0.2, -0.15) is 4.98 Å². The molecule has 3 heterocycles. The molecule has 1 aliphatic heterocycles. The van der Waals surface area contributed by atoms with Crippen LogP contribution in [0.5, 0.6) is 0 Å². The van der Waals surface area contributed by atoms with Crippen LogP contribution >= 0.6 is 0 Å². The van der Waals surface area contributed by atoms with Crippen LogP contribution in [0.25, 0.3) is 11.4 Å². The Labute approximate surface area is 158 Å². The summed E-state index contributed by atoms with van der Waals surface area (Å²) in [5.74, 6) is 1.33. The average Bonchev–Trinajstić information content (AvgIpc) is 3.39. The number of nitrogens with one attached hydrogen (secondary N) is 1. The molecule has 0 spiro atoms. The van der Waals surface area contributed by atoms with Gasteiger partial charge in [0.2, 0.25) is 17.6 Å².